The van der Waals surface area contributed by atoms with Crippen molar-refractivity contribution in [3.05, 3.63) is 0 Å². The van der Waals surface area contributed by atoms with Crippen LogP contribution in [0.4, 0.5) is 0 Å². The molecule has 33 heteroatoms. The van der Waals surface area contributed by atoms with E-state index in [9.17, 15) is 0 Å². The van der Waals surface area contributed by atoms with Gasteiger partial charge < -0.3 is 65.8 Å². The van der Waals surface area contributed by atoms with Crippen LogP contribution < -0.4 is 0 Å². The Kier molecular flexibility index (Phi) is 27.9. The number of rotatable bonds is 32. The summed E-state index contributed by atoms with van der Waals surface area (Å²) < 4.78 is 102. The third kappa shape index (κ3) is 34.1. The highest BCUT2D eigenvalue weighted by molar-refractivity contribution is 6.91. The van der Waals surface area contributed by atoms with Gasteiger partial charge in [-0.25, -0.2) is 0 Å². The highest BCUT2D eigenvalue weighted by atomic mass is 28.5. The average Bonchev–Trinajstić information content (AvgIpc) is 2.85. The summed E-state index contributed by atoms with van der Waals surface area (Å²) in [5.74, 6) is 0. The van der Waals surface area contributed by atoms with Gasteiger partial charge in [0.05, 0.1) is 0 Å². The van der Waals surface area contributed by atoms with Crippen molar-refractivity contribution in [3.8, 4) is 0 Å². The Bertz CT molecular complexity index is 1190. The minimum Gasteiger partial charge on any atom is -0.439 e. The molecule has 16 nitrogen and oxygen atoms in total. The summed E-state index contributed by atoms with van der Waals surface area (Å²) in [6.45, 7) is 54.1. The summed E-state index contributed by atoms with van der Waals surface area (Å²) in [6.07, 6.45) is 0. The Morgan fingerprint density at radius 3 is 0.610 bits per heavy atom. The Hall–Kier alpha value is 3.05. The molecular formula is C26H88O16Si17. The van der Waals surface area contributed by atoms with Crippen LogP contribution in [0.1, 0.15) is 0 Å². The van der Waals surface area contributed by atoms with Crippen LogP contribution in [-0.2, 0) is 65.8 Å². The Balaban J connectivity index is 4.80. The van der Waals surface area contributed by atoms with Crippen LogP contribution in [-0.4, -0.2) is 152 Å². The normalized spacial score (nSPS) is 19.4. The highest BCUT2D eigenvalue weighted by Gasteiger charge is 2.47. The van der Waals surface area contributed by atoms with Gasteiger partial charge in [0.1, 0.15) is 0 Å². The summed E-state index contributed by atoms with van der Waals surface area (Å²) in [7, 11) is -35.5. The second-order valence-electron chi connectivity index (χ2n) is 18.9. The summed E-state index contributed by atoms with van der Waals surface area (Å²) in [4.78, 5) is 0. The average molecular weight is 1130 g/mol. The minimum atomic E-state index is -2.65. The third-order valence-electron chi connectivity index (χ3n) is 6.94. The molecule has 0 N–H and O–H groups in total. The largest absolute Gasteiger partial charge is 0.439 e. The lowest BCUT2D eigenvalue weighted by atomic mass is 11.8. The van der Waals surface area contributed by atoms with Crippen molar-refractivity contribution in [2.75, 3.05) is 0 Å². The molecule has 0 aromatic carbocycles. The van der Waals surface area contributed by atoms with E-state index >= 15 is 0 Å². The van der Waals surface area contributed by atoms with Gasteiger partial charge in [0.25, 0.3) is 92.8 Å². The van der Waals surface area contributed by atoms with Gasteiger partial charge in [0.2, 0.25) is 0 Å². The molecular weight excluding hydrogens is 1050 g/mol. The molecule has 0 bridgehead atoms. The van der Waals surface area contributed by atoms with E-state index in [4.69, 9.17) is 65.8 Å². The minimum absolute atomic E-state index is 1.62. The van der Waals surface area contributed by atoms with Crippen LogP contribution in [0.2, 0.25) is 170 Å². The molecule has 0 fully saturated rings. The molecule has 10 atom stereocenters. The van der Waals surface area contributed by atoms with Gasteiger partial charge in [-0.1, -0.05) is 0 Å². The molecule has 0 spiro atoms. The lowest BCUT2D eigenvalue weighted by Crippen LogP contribution is -2.60. The second-order valence-corrected chi connectivity index (χ2v) is 68.4. The maximum Gasteiger partial charge on any atom is 0.314 e. The molecule has 10 unspecified atom stereocenters. The molecule has 0 amide bonds. The molecule has 0 saturated heterocycles. The molecule has 0 heterocycles. The van der Waals surface area contributed by atoms with Crippen LogP contribution in [0, 0.1) is 0 Å². The standard InChI is InChI=1S/C26H88O16Si17/c1-43(28-45(3)30-47(5)32-49(7)34-51(9)36-53(11,12)13)27-44(2)29-46(4)31-48(6)33-50(8)35-52(10)37-55(17,18)39-57(21,22)41-59(25,26)42-58(23,24)40-56(19,20)38-54(14,15)16/h43-52H,1-26H3. The maximum absolute atomic E-state index is 6.72. The fraction of sp³-hybridized carbons (Fsp3) is 1.00. The molecule has 0 aliphatic carbocycles. The number of hydrogen-bond acceptors (Lipinski definition) is 16. The van der Waals surface area contributed by atoms with Crippen molar-refractivity contribution in [1.82, 2.24) is 0 Å². The summed E-state index contributed by atoms with van der Waals surface area (Å²) >= 11 is 0. The highest BCUT2D eigenvalue weighted by Crippen LogP contribution is 2.28. The van der Waals surface area contributed by atoms with Gasteiger partial charge >= 0.3 is 42.8 Å². The molecule has 356 valence electrons. The molecule has 0 aliphatic heterocycles. The van der Waals surface area contributed by atoms with Crippen molar-refractivity contribution in [2.24, 2.45) is 0 Å². The van der Waals surface area contributed by atoms with Crippen LogP contribution in [0.5, 0.6) is 0 Å². The first-order chi connectivity index (χ1) is 26.2. The molecule has 0 aromatic rings. The predicted molar refractivity (Wildman–Crippen MR) is 282 cm³/mol. The van der Waals surface area contributed by atoms with Gasteiger partial charge in [-0.05, 0) is 170 Å². The van der Waals surface area contributed by atoms with Crippen molar-refractivity contribution < 1.29 is 65.8 Å². The van der Waals surface area contributed by atoms with E-state index in [1.807, 2.05) is 58.9 Å². The fourth-order valence-electron chi connectivity index (χ4n) is 6.85. The van der Waals surface area contributed by atoms with Crippen molar-refractivity contribution in [3.63, 3.8) is 0 Å². The quantitative estimate of drug-likeness (QED) is 0.0838. The van der Waals surface area contributed by atoms with Gasteiger partial charge in [0, 0.05) is 0 Å². The molecule has 0 aromatic heterocycles. The summed E-state index contributed by atoms with van der Waals surface area (Å²) in [5.41, 5.74) is 0. The fourth-order valence-corrected chi connectivity index (χ4v) is 69.2. The lowest BCUT2D eigenvalue weighted by Gasteiger charge is -2.43. The molecule has 0 saturated carbocycles. The van der Waals surface area contributed by atoms with E-state index in [2.05, 4.69) is 111 Å². The molecule has 59 heavy (non-hydrogen) atoms. The van der Waals surface area contributed by atoms with Crippen molar-refractivity contribution in [2.45, 2.75) is 170 Å². The van der Waals surface area contributed by atoms with Crippen LogP contribution in [0.3, 0.4) is 0 Å². The molecule has 0 aliphatic rings. The first-order valence-corrected chi connectivity index (χ1v) is 62.8. The predicted octanol–water partition coefficient (Wildman–Crippen LogP) is 4.93. The Morgan fingerprint density at radius 1 is 0.203 bits per heavy atom. The first kappa shape index (κ1) is 62.0. The first-order valence-electron chi connectivity index (χ1n) is 20.9. The smallest absolute Gasteiger partial charge is 0.314 e. The zero-order chi connectivity index (χ0) is 46.6. The SMILES string of the molecule is C[SiH](O[SiH](C)O[SiH](C)O[SiH](C)O[SiH](C)O[SiH](C)O[Si](C)(C)O[Si](C)(C)O[Si](C)(C)O[Si](C)(C)O[Si](C)(C)O[Si](C)(C)C)O[SiH](C)O[SiH](C)O[SiH](C)O[SiH](C)O[Si](C)(C)C. The van der Waals surface area contributed by atoms with Crippen LogP contribution in [0.25, 0.3) is 0 Å². The number of hydrogen-bond donors (Lipinski definition) is 0. The zero-order valence-corrected chi connectivity index (χ0v) is 60.4. The van der Waals surface area contributed by atoms with E-state index in [1.165, 1.54) is 0 Å². The van der Waals surface area contributed by atoms with E-state index in [0.29, 0.717) is 0 Å². The van der Waals surface area contributed by atoms with Crippen LogP contribution >= 0.6 is 0 Å². The van der Waals surface area contributed by atoms with Gasteiger partial charge in [-0.2, -0.15) is 0 Å². The Labute approximate surface area is 385 Å². The zero-order valence-electron chi connectivity index (χ0n) is 41.8. The van der Waals surface area contributed by atoms with E-state index in [1.54, 1.807) is 0 Å². The maximum atomic E-state index is 6.72. The van der Waals surface area contributed by atoms with E-state index in [0.717, 1.165) is 0 Å². The Morgan fingerprint density at radius 2 is 0.390 bits per heavy atom. The van der Waals surface area contributed by atoms with Crippen molar-refractivity contribution in [1.29, 1.82) is 0 Å². The van der Waals surface area contributed by atoms with Gasteiger partial charge in [-0.15, -0.1) is 0 Å². The monoisotopic (exact) mass is 1130 g/mol. The topological polar surface area (TPSA) is 148 Å². The van der Waals surface area contributed by atoms with Gasteiger partial charge in [0.15, 0.2) is 16.6 Å². The lowest BCUT2D eigenvalue weighted by molar-refractivity contribution is 0.266. The third-order valence-corrected chi connectivity index (χ3v) is 62.4. The van der Waals surface area contributed by atoms with Crippen molar-refractivity contribution >= 4 is 152 Å². The van der Waals surface area contributed by atoms with Gasteiger partial charge in [-0.3, -0.25) is 0 Å². The molecule has 0 radical (unpaired) electrons. The second kappa shape index (κ2) is 26.6. The van der Waals surface area contributed by atoms with E-state index in [-0.39, 0.29) is 0 Å². The van der Waals surface area contributed by atoms with E-state index < -0.39 is 152 Å². The van der Waals surface area contributed by atoms with Crippen LogP contribution in [0.15, 0.2) is 0 Å². The summed E-state index contributed by atoms with van der Waals surface area (Å²) in [5, 5.41) is 0. The summed E-state index contributed by atoms with van der Waals surface area (Å²) in [6, 6.07) is 0. The molecule has 0 rings (SSSR count).